The monoisotopic (exact) mass is 158 g/mol. The molecular formula is C9H18S. The van der Waals surface area contributed by atoms with Crippen LogP contribution in [-0.4, -0.2) is 5.75 Å². The van der Waals surface area contributed by atoms with E-state index in [4.69, 9.17) is 0 Å². The zero-order valence-electron chi connectivity index (χ0n) is 7.06. The minimum Gasteiger partial charge on any atom is -0.179 e. The minimum absolute atomic E-state index is 0.981. The predicted octanol–water partition coefficient (Wildman–Crippen LogP) is 3.44. The van der Waals surface area contributed by atoms with Crippen LogP contribution in [0.3, 0.4) is 0 Å². The lowest BCUT2D eigenvalue weighted by Crippen LogP contribution is -1.78. The van der Waals surface area contributed by atoms with Gasteiger partial charge >= 0.3 is 0 Å². The Morgan fingerprint density at radius 1 is 1.50 bits per heavy atom. The fraction of sp³-hybridized carbons (Fsp3) is 0.778. The highest BCUT2D eigenvalue weighted by Crippen LogP contribution is 2.04. The van der Waals surface area contributed by atoms with Crippen LogP contribution in [0.2, 0.25) is 0 Å². The van der Waals surface area contributed by atoms with E-state index in [9.17, 15) is 0 Å². The van der Waals surface area contributed by atoms with Gasteiger partial charge in [0.15, 0.2) is 0 Å². The van der Waals surface area contributed by atoms with E-state index in [1.165, 1.54) is 24.8 Å². The topological polar surface area (TPSA) is 0 Å². The molecule has 0 fully saturated rings. The Bertz CT molecular complexity index is 94.9. The lowest BCUT2D eigenvalue weighted by atomic mass is 10.1. The molecule has 0 atom stereocenters. The Morgan fingerprint density at radius 2 is 2.20 bits per heavy atom. The first-order chi connectivity index (χ1) is 4.81. The molecule has 0 unspecified atom stereocenters. The van der Waals surface area contributed by atoms with Crippen LogP contribution in [0.1, 0.15) is 39.5 Å². The van der Waals surface area contributed by atoms with E-state index in [2.05, 4.69) is 32.6 Å². The summed E-state index contributed by atoms with van der Waals surface area (Å²) in [6, 6.07) is 0. The van der Waals surface area contributed by atoms with Crippen molar-refractivity contribution in [3.8, 4) is 0 Å². The standard InChI is InChI=1S/C9H18S/c1-3-4-5-6-9(2)7-8-10/h6,10H,3-5,7-8H2,1-2H3. The van der Waals surface area contributed by atoms with Crippen molar-refractivity contribution in [3.63, 3.8) is 0 Å². The van der Waals surface area contributed by atoms with Crippen LogP contribution >= 0.6 is 12.6 Å². The second-order valence-corrected chi connectivity index (χ2v) is 3.11. The molecule has 60 valence electrons. The number of thiol groups is 1. The average molecular weight is 158 g/mol. The molecule has 0 aliphatic heterocycles. The first-order valence-corrected chi connectivity index (χ1v) is 4.71. The average Bonchev–Trinajstić information content (AvgIpc) is 1.89. The summed E-state index contributed by atoms with van der Waals surface area (Å²) >= 11 is 4.16. The van der Waals surface area contributed by atoms with Gasteiger partial charge in [0.2, 0.25) is 0 Å². The molecule has 0 aromatic rings. The minimum atomic E-state index is 0.981. The van der Waals surface area contributed by atoms with Crippen LogP contribution in [0.4, 0.5) is 0 Å². The number of unbranched alkanes of at least 4 members (excludes halogenated alkanes) is 2. The molecule has 1 heteroatoms. The van der Waals surface area contributed by atoms with Gasteiger partial charge in [-0.05, 0) is 25.5 Å². The van der Waals surface area contributed by atoms with E-state index < -0.39 is 0 Å². The lowest BCUT2D eigenvalue weighted by molar-refractivity contribution is 0.808. The molecule has 0 spiro atoms. The summed E-state index contributed by atoms with van der Waals surface area (Å²) in [4.78, 5) is 0. The van der Waals surface area contributed by atoms with E-state index in [0.29, 0.717) is 0 Å². The smallest absolute Gasteiger partial charge is 0.00607 e. The van der Waals surface area contributed by atoms with Crippen molar-refractivity contribution < 1.29 is 0 Å². The SMILES string of the molecule is CCCCC=C(C)CCS. The highest BCUT2D eigenvalue weighted by Gasteiger charge is 1.85. The Hall–Kier alpha value is 0.0900. The van der Waals surface area contributed by atoms with Gasteiger partial charge in [0.05, 0.1) is 0 Å². The van der Waals surface area contributed by atoms with Gasteiger partial charge in [0.1, 0.15) is 0 Å². The second kappa shape index (κ2) is 7.20. The van der Waals surface area contributed by atoms with Crippen LogP contribution in [0.5, 0.6) is 0 Å². The largest absolute Gasteiger partial charge is 0.179 e. The summed E-state index contributed by atoms with van der Waals surface area (Å²) in [5.41, 5.74) is 1.49. The maximum Gasteiger partial charge on any atom is -0.00607 e. The fourth-order valence-corrected chi connectivity index (χ4v) is 1.18. The molecule has 0 aromatic carbocycles. The maximum absolute atomic E-state index is 4.16. The second-order valence-electron chi connectivity index (χ2n) is 2.67. The quantitative estimate of drug-likeness (QED) is 0.354. The highest BCUT2D eigenvalue weighted by molar-refractivity contribution is 7.80. The van der Waals surface area contributed by atoms with Crippen molar-refractivity contribution in [2.45, 2.75) is 39.5 Å². The zero-order valence-corrected chi connectivity index (χ0v) is 7.95. The Balaban J connectivity index is 3.28. The Kier molecular flexibility index (Phi) is 7.26. The number of allylic oxidation sites excluding steroid dienone is 2. The van der Waals surface area contributed by atoms with E-state index in [1.807, 2.05) is 0 Å². The van der Waals surface area contributed by atoms with Gasteiger partial charge in [0, 0.05) is 0 Å². The van der Waals surface area contributed by atoms with Gasteiger partial charge in [-0.2, -0.15) is 12.6 Å². The number of hydrogen-bond donors (Lipinski definition) is 1. The first-order valence-electron chi connectivity index (χ1n) is 4.07. The molecule has 0 radical (unpaired) electrons. The molecule has 0 aromatic heterocycles. The first kappa shape index (κ1) is 10.1. The highest BCUT2D eigenvalue weighted by atomic mass is 32.1. The molecule has 0 saturated carbocycles. The van der Waals surface area contributed by atoms with Gasteiger partial charge in [-0.15, -0.1) is 0 Å². The Labute approximate surface area is 70.1 Å². The van der Waals surface area contributed by atoms with Crippen molar-refractivity contribution in [2.24, 2.45) is 0 Å². The van der Waals surface area contributed by atoms with Gasteiger partial charge in [-0.25, -0.2) is 0 Å². The molecule has 0 aliphatic carbocycles. The van der Waals surface area contributed by atoms with Crippen LogP contribution in [0.15, 0.2) is 11.6 Å². The lowest BCUT2D eigenvalue weighted by Gasteiger charge is -1.96. The van der Waals surface area contributed by atoms with Crippen LogP contribution < -0.4 is 0 Å². The summed E-state index contributed by atoms with van der Waals surface area (Å²) < 4.78 is 0. The number of hydrogen-bond acceptors (Lipinski definition) is 1. The predicted molar refractivity (Wildman–Crippen MR) is 51.8 cm³/mol. The molecule has 0 rings (SSSR count). The molecule has 0 N–H and O–H groups in total. The van der Waals surface area contributed by atoms with Gasteiger partial charge in [-0.3, -0.25) is 0 Å². The van der Waals surface area contributed by atoms with Gasteiger partial charge in [-0.1, -0.05) is 31.4 Å². The van der Waals surface area contributed by atoms with Crippen molar-refractivity contribution in [2.75, 3.05) is 5.75 Å². The molecular weight excluding hydrogens is 140 g/mol. The van der Waals surface area contributed by atoms with Crippen molar-refractivity contribution >= 4 is 12.6 Å². The summed E-state index contributed by atoms with van der Waals surface area (Å²) in [7, 11) is 0. The third-order valence-corrected chi connectivity index (χ3v) is 1.78. The third-order valence-electron chi connectivity index (χ3n) is 1.56. The van der Waals surface area contributed by atoms with Crippen LogP contribution in [-0.2, 0) is 0 Å². The third kappa shape index (κ3) is 6.21. The van der Waals surface area contributed by atoms with Crippen molar-refractivity contribution in [1.82, 2.24) is 0 Å². The molecule has 0 heterocycles. The molecule has 0 saturated heterocycles. The molecule has 10 heavy (non-hydrogen) atoms. The van der Waals surface area contributed by atoms with E-state index in [1.54, 1.807) is 0 Å². The Morgan fingerprint density at radius 3 is 2.70 bits per heavy atom. The van der Waals surface area contributed by atoms with E-state index >= 15 is 0 Å². The maximum atomic E-state index is 4.16. The van der Waals surface area contributed by atoms with Gasteiger partial charge < -0.3 is 0 Å². The molecule has 0 nitrogen and oxygen atoms in total. The van der Waals surface area contributed by atoms with Crippen molar-refractivity contribution in [3.05, 3.63) is 11.6 Å². The molecule has 0 amide bonds. The number of rotatable bonds is 5. The van der Waals surface area contributed by atoms with E-state index in [-0.39, 0.29) is 0 Å². The normalized spacial score (nSPS) is 12.1. The fourth-order valence-electron chi connectivity index (χ4n) is 0.831. The summed E-state index contributed by atoms with van der Waals surface area (Å²) in [6.45, 7) is 4.41. The summed E-state index contributed by atoms with van der Waals surface area (Å²) in [5.74, 6) is 0.981. The summed E-state index contributed by atoms with van der Waals surface area (Å²) in [5, 5.41) is 0. The van der Waals surface area contributed by atoms with Crippen LogP contribution in [0.25, 0.3) is 0 Å². The summed E-state index contributed by atoms with van der Waals surface area (Å²) in [6.07, 6.45) is 7.34. The van der Waals surface area contributed by atoms with E-state index in [0.717, 1.165) is 12.2 Å². The van der Waals surface area contributed by atoms with Gasteiger partial charge in [0.25, 0.3) is 0 Å². The van der Waals surface area contributed by atoms with Crippen molar-refractivity contribution in [1.29, 1.82) is 0 Å². The van der Waals surface area contributed by atoms with Crippen LogP contribution in [0, 0.1) is 0 Å². The molecule has 0 bridgehead atoms. The molecule has 0 aliphatic rings. The zero-order chi connectivity index (χ0) is 7.82.